The van der Waals surface area contributed by atoms with Crippen LogP contribution in [0.25, 0.3) is 22.2 Å². The van der Waals surface area contributed by atoms with Gasteiger partial charge < -0.3 is 9.88 Å². The lowest BCUT2D eigenvalue weighted by Crippen LogP contribution is -2.18. The Morgan fingerprint density at radius 1 is 1.23 bits per heavy atom. The number of carbonyl (C=O) groups excluding carboxylic acids is 1. The van der Waals surface area contributed by atoms with Crippen LogP contribution in [-0.2, 0) is 0 Å². The van der Waals surface area contributed by atoms with Gasteiger partial charge in [-0.1, -0.05) is 18.2 Å². The lowest BCUT2D eigenvalue weighted by molar-refractivity contribution is -0.384. The summed E-state index contributed by atoms with van der Waals surface area (Å²) in [5, 5.41) is 17.3. The van der Waals surface area contributed by atoms with Crippen LogP contribution >= 0.6 is 11.3 Å². The van der Waals surface area contributed by atoms with Crippen LogP contribution in [0.5, 0.6) is 0 Å². The number of nitro benzene ring substituents is 1. The van der Waals surface area contributed by atoms with E-state index in [1.54, 1.807) is 25.1 Å². The number of nitrogens with zero attached hydrogens (tertiary/aromatic N) is 3. The van der Waals surface area contributed by atoms with Gasteiger partial charge in [0.05, 0.1) is 16.2 Å². The van der Waals surface area contributed by atoms with Crippen molar-refractivity contribution < 1.29 is 9.72 Å². The molecule has 2 aromatic heterocycles. The second kappa shape index (κ2) is 7.60. The molecule has 30 heavy (non-hydrogen) atoms. The van der Waals surface area contributed by atoms with Crippen LogP contribution in [0.3, 0.4) is 0 Å². The number of hydrogen-bond acceptors (Lipinski definition) is 6. The number of aryl methyl sites for hydroxylation is 1. The molecule has 2 heterocycles. The van der Waals surface area contributed by atoms with E-state index in [2.05, 4.69) is 15.3 Å². The minimum absolute atomic E-state index is 0.139. The number of aromatic nitrogens is 2. The third-order valence-electron chi connectivity index (χ3n) is 4.79. The zero-order valence-corrected chi connectivity index (χ0v) is 17.4. The Balaban J connectivity index is 1.66. The summed E-state index contributed by atoms with van der Waals surface area (Å²) in [6.45, 7) is 1.99. The number of benzene rings is 2. The Kier molecular flexibility index (Phi) is 4.96. The van der Waals surface area contributed by atoms with Gasteiger partial charge in [0.1, 0.15) is 0 Å². The quantitative estimate of drug-likeness (QED) is 0.355. The van der Waals surface area contributed by atoms with Gasteiger partial charge in [0.25, 0.3) is 11.6 Å². The van der Waals surface area contributed by atoms with Crippen LogP contribution in [0.2, 0.25) is 0 Å². The first-order valence-corrected chi connectivity index (χ1v) is 10.0. The number of nitrogens with one attached hydrogen (secondary N) is 2. The predicted octanol–water partition coefficient (Wildman–Crippen LogP) is 4.83. The number of thiazole rings is 1. The van der Waals surface area contributed by atoms with E-state index in [4.69, 9.17) is 0 Å². The Morgan fingerprint density at radius 3 is 2.73 bits per heavy atom. The minimum atomic E-state index is -0.516. The highest BCUT2D eigenvalue weighted by atomic mass is 32.1. The van der Waals surface area contributed by atoms with Gasteiger partial charge in [-0.25, -0.2) is 4.98 Å². The van der Waals surface area contributed by atoms with E-state index in [0.29, 0.717) is 10.8 Å². The molecule has 0 bridgehead atoms. The second-order valence-corrected chi connectivity index (χ2v) is 7.87. The van der Waals surface area contributed by atoms with Crippen LogP contribution in [0, 0.1) is 17.0 Å². The predicted molar refractivity (Wildman–Crippen MR) is 120 cm³/mol. The third-order valence-corrected chi connectivity index (χ3v) is 5.55. The summed E-state index contributed by atoms with van der Waals surface area (Å²) in [6, 6.07) is 12.2. The van der Waals surface area contributed by atoms with E-state index in [-0.39, 0.29) is 11.3 Å². The summed E-state index contributed by atoms with van der Waals surface area (Å²) in [5.41, 5.74) is 4.43. The molecule has 0 spiro atoms. The summed E-state index contributed by atoms with van der Waals surface area (Å²) in [6.07, 6.45) is 0. The number of amides is 1. The number of anilines is 2. The van der Waals surface area contributed by atoms with Gasteiger partial charge in [0.2, 0.25) is 0 Å². The van der Waals surface area contributed by atoms with Gasteiger partial charge in [0.15, 0.2) is 5.13 Å². The van der Waals surface area contributed by atoms with Crippen molar-refractivity contribution in [3.8, 4) is 11.3 Å². The highest BCUT2D eigenvalue weighted by molar-refractivity contribution is 7.14. The second-order valence-electron chi connectivity index (χ2n) is 7.02. The van der Waals surface area contributed by atoms with Crippen molar-refractivity contribution in [1.82, 2.24) is 9.97 Å². The van der Waals surface area contributed by atoms with Crippen molar-refractivity contribution >= 4 is 44.7 Å². The number of aromatic amines is 1. The number of para-hydroxylation sites is 1. The molecule has 4 aromatic rings. The van der Waals surface area contributed by atoms with Crippen molar-refractivity contribution in [1.29, 1.82) is 0 Å². The van der Waals surface area contributed by atoms with Gasteiger partial charge in [-0.05, 0) is 19.1 Å². The molecule has 0 aliphatic heterocycles. The first-order chi connectivity index (χ1) is 14.3. The third kappa shape index (κ3) is 3.50. The first-order valence-electron chi connectivity index (χ1n) is 9.15. The fourth-order valence-corrected chi connectivity index (χ4v) is 4.12. The highest BCUT2D eigenvalue weighted by Gasteiger charge is 2.20. The monoisotopic (exact) mass is 421 g/mol. The molecule has 0 unspecified atom stereocenters. The molecular weight excluding hydrogens is 402 g/mol. The fourth-order valence-electron chi connectivity index (χ4n) is 3.43. The van der Waals surface area contributed by atoms with E-state index in [9.17, 15) is 14.9 Å². The average Bonchev–Trinajstić information content (AvgIpc) is 3.29. The van der Waals surface area contributed by atoms with Gasteiger partial charge in [0, 0.05) is 59.5 Å². The van der Waals surface area contributed by atoms with Gasteiger partial charge in [-0.2, -0.15) is 0 Å². The molecule has 1 amide bonds. The van der Waals surface area contributed by atoms with Crippen molar-refractivity contribution in [2.75, 3.05) is 24.3 Å². The average molecular weight is 421 g/mol. The Labute approximate surface area is 176 Å². The molecule has 0 saturated carbocycles. The molecular formula is C21H19N5O3S. The Bertz CT molecular complexity index is 1270. The van der Waals surface area contributed by atoms with Crippen molar-refractivity contribution in [2.24, 2.45) is 0 Å². The lowest BCUT2D eigenvalue weighted by Gasteiger charge is -2.16. The molecule has 152 valence electrons. The number of non-ortho nitro benzene ring substituents is 1. The maximum Gasteiger partial charge on any atom is 0.270 e. The van der Waals surface area contributed by atoms with Crippen molar-refractivity contribution in [3.05, 3.63) is 69.2 Å². The van der Waals surface area contributed by atoms with Crippen molar-refractivity contribution in [3.63, 3.8) is 0 Å². The van der Waals surface area contributed by atoms with Crippen LogP contribution in [0.1, 0.15) is 16.1 Å². The largest absolute Gasteiger partial charge is 0.377 e. The van der Waals surface area contributed by atoms with E-state index >= 15 is 0 Å². The van der Waals surface area contributed by atoms with E-state index in [0.717, 1.165) is 27.9 Å². The normalized spacial score (nSPS) is 10.9. The van der Waals surface area contributed by atoms with Gasteiger partial charge >= 0.3 is 0 Å². The zero-order chi connectivity index (χ0) is 21.4. The molecule has 0 atom stereocenters. The molecule has 0 aliphatic rings. The molecule has 0 fully saturated rings. The standard InChI is InChI=1S/C21H19N5O3S/c1-12-19(14-6-4-5-7-16(14)22-12)17-11-30-21(23-17)24-20(27)15-10-13(26(28)29)8-9-18(15)25(2)3/h4-11,22H,1-3H3,(H,23,24,27). The van der Waals surface area contributed by atoms with Gasteiger partial charge in [-0.3, -0.25) is 20.2 Å². The fraction of sp³-hybridized carbons (Fsp3) is 0.143. The summed E-state index contributed by atoms with van der Waals surface area (Å²) in [4.78, 5) is 33.2. The molecule has 4 rings (SSSR count). The smallest absolute Gasteiger partial charge is 0.270 e. The zero-order valence-electron chi connectivity index (χ0n) is 16.6. The van der Waals surface area contributed by atoms with Crippen LogP contribution in [0.4, 0.5) is 16.5 Å². The van der Waals surface area contributed by atoms with Gasteiger partial charge in [-0.15, -0.1) is 11.3 Å². The number of carbonyl (C=O) groups is 1. The number of H-pyrrole nitrogens is 1. The maximum atomic E-state index is 12.9. The Morgan fingerprint density at radius 2 is 2.00 bits per heavy atom. The number of hydrogen-bond donors (Lipinski definition) is 2. The molecule has 0 saturated heterocycles. The Hall–Kier alpha value is -3.72. The SMILES string of the molecule is Cc1[nH]c2ccccc2c1-c1csc(NC(=O)c2cc([N+](=O)[O-])ccc2N(C)C)n1. The topological polar surface area (TPSA) is 104 Å². The van der Waals surface area contributed by atoms with E-state index in [1.165, 1.54) is 23.5 Å². The lowest BCUT2D eigenvalue weighted by atomic mass is 10.1. The molecule has 9 heteroatoms. The molecule has 8 nitrogen and oxygen atoms in total. The van der Waals surface area contributed by atoms with Crippen molar-refractivity contribution in [2.45, 2.75) is 6.92 Å². The minimum Gasteiger partial charge on any atom is -0.377 e. The van der Waals surface area contributed by atoms with Crippen LogP contribution in [-0.4, -0.2) is 34.9 Å². The summed E-state index contributed by atoms with van der Waals surface area (Å²) in [5.74, 6) is -0.445. The molecule has 0 radical (unpaired) electrons. The maximum absolute atomic E-state index is 12.9. The molecule has 2 aromatic carbocycles. The summed E-state index contributed by atoms with van der Waals surface area (Å²) >= 11 is 1.31. The molecule has 2 N–H and O–H groups in total. The summed E-state index contributed by atoms with van der Waals surface area (Å²) < 4.78 is 0. The van der Waals surface area contributed by atoms with E-state index in [1.807, 2.05) is 36.6 Å². The first kappa shape index (κ1) is 19.6. The summed E-state index contributed by atoms with van der Waals surface area (Å²) in [7, 11) is 3.55. The van der Waals surface area contributed by atoms with Crippen LogP contribution in [0.15, 0.2) is 47.8 Å². The highest BCUT2D eigenvalue weighted by Crippen LogP contribution is 2.34. The van der Waals surface area contributed by atoms with Crippen LogP contribution < -0.4 is 10.2 Å². The number of fused-ring (bicyclic) bond motifs is 1. The molecule has 0 aliphatic carbocycles. The van der Waals surface area contributed by atoms with E-state index < -0.39 is 10.8 Å². The number of rotatable bonds is 5. The number of nitro groups is 1.